The largest absolute Gasteiger partial charge is 0.497 e. The number of benzene rings is 3. The molecule has 0 saturated carbocycles. The summed E-state index contributed by atoms with van der Waals surface area (Å²) in [4.78, 5) is 15.6. The zero-order chi connectivity index (χ0) is 18.6. The molecule has 136 valence electrons. The molecule has 0 unspecified atom stereocenters. The normalized spacial score (nSPS) is 11.0. The molecule has 4 heteroatoms. The molecular weight excluding hydrogens is 336 g/mol. The van der Waals surface area contributed by atoms with Gasteiger partial charge in [-0.3, -0.25) is 4.79 Å². The molecule has 0 spiro atoms. The number of fused-ring (bicyclic) bond motifs is 2. The molecule has 0 radical (unpaired) electrons. The Kier molecular flexibility index (Phi) is 4.79. The van der Waals surface area contributed by atoms with Gasteiger partial charge in [-0.15, -0.1) is 0 Å². The maximum Gasteiger partial charge on any atom is 0.224 e. The van der Waals surface area contributed by atoms with Crippen LogP contribution in [0.25, 0.3) is 21.7 Å². The lowest BCUT2D eigenvalue weighted by atomic mass is 10.1. The molecular formula is C23H22N2O2. The standard InChI is InChI=1S/C23H22N2O2/c1-27-20-8-9-22-21(14-20)19(15-25-22)13-23(26)24-11-10-16-6-7-17-4-2-3-5-18(17)12-16/h2-9,12,14-15,25H,10-11,13H2,1H3,(H,24,26). The van der Waals surface area contributed by atoms with Gasteiger partial charge in [-0.2, -0.15) is 0 Å². The highest BCUT2D eigenvalue weighted by molar-refractivity contribution is 5.89. The molecule has 3 aromatic carbocycles. The highest BCUT2D eigenvalue weighted by Crippen LogP contribution is 2.24. The Labute approximate surface area is 158 Å². The quantitative estimate of drug-likeness (QED) is 0.542. The van der Waals surface area contributed by atoms with Crippen molar-refractivity contribution in [3.63, 3.8) is 0 Å². The van der Waals surface area contributed by atoms with Crippen LogP contribution < -0.4 is 10.1 Å². The van der Waals surface area contributed by atoms with Crippen molar-refractivity contribution in [2.75, 3.05) is 13.7 Å². The van der Waals surface area contributed by atoms with E-state index in [0.29, 0.717) is 13.0 Å². The van der Waals surface area contributed by atoms with Gasteiger partial charge in [0.1, 0.15) is 5.75 Å². The van der Waals surface area contributed by atoms with E-state index in [4.69, 9.17) is 4.74 Å². The van der Waals surface area contributed by atoms with Crippen LogP contribution in [0.2, 0.25) is 0 Å². The molecule has 0 aliphatic rings. The van der Waals surface area contributed by atoms with Crippen molar-refractivity contribution in [2.24, 2.45) is 0 Å². The van der Waals surface area contributed by atoms with Gasteiger partial charge in [0.25, 0.3) is 0 Å². The van der Waals surface area contributed by atoms with Gasteiger partial charge in [0.2, 0.25) is 5.91 Å². The predicted molar refractivity (Wildman–Crippen MR) is 109 cm³/mol. The summed E-state index contributed by atoms with van der Waals surface area (Å²) in [6, 6.07) is 20.6. The van der Waals surface area contributed by atoms with Gasteiger partial charge in [-0.25, -0.2) is 0 Å². The van der Waals surface area contributed by atoms with Crippen LogP contribution >= 0.6 is 0 Å². The van der Waals surface area contributed by atoms with E-state index in [1.54, 1.807) is 7.11 Å². The average Bonchev–Trinajstić information content (AvgIpc) is 3.09. The summed E-state index contributed by atoms with van der Waals surface area (Å²) in [5.74, 6) is 0.819. The van der Waals surface area contributed by atoms with E-state index in [-0.39, 0.29) is 5.91 Å². The second-order valence-corrected chi connectivity index (χ2v) is 6.68. The van der Waals surface area contributed by atoms with Gasteiger partial charge in [0.15, 0.2) is 0 Å². The fraction of sp³-hybridized carbons (Fsp3) is 0.174. The van der Waals surface area contributed by atoms with Crippen LogP contribution in [0.3, 0.4) is 0 Å². The molecule has 0 atom stereocenters. The molecule has 0 aliphatic carbocycles. The maximum absolute atomic E-state index is 12.4. The number of ether oxygens (including phenoxy) is 1. The molecule has 0 fully saturated rings. The molecule has 4 rings (SSSR count). The Balaban J connectivity index is 1.36. The van der Waals surface area contributed by atoms with Crippen molar-refractivity contribution >= 4 is 27.6 Å². The number of carbonyl (C=O) groups excluding carboxylic acids is 1. The number of H-pyrrole nitrogens is 1. The molecule has 4 aromatic rings. The maximum atomic E-state index is 12.4. The first-order valence-electron chi connectivity index (χ1n) is 9.11. The van der Waals surface area contributed by atoms with E-state index in [1.807, 2.05) is 36.5 Å². The van der Waals surface area contributed by atoms with Crippen LogP contribution in [0.15, 0.2) is 66.9 Å². The van der Waals surface area contributed by atoms with Crippen LogP contribution in [0.4, 0.5) is 0 Å². The van der Waals surface area contributed by atoms with Crippen LogP contribution in [0.1, 0.15) is 11.1 Å². The van der Waals surface area contributed by atoms with Gasteiger partial charge in [-0.1, -0.05) is 42.5 Å². The lowest BCUT2D eigenvalue weighted by Gasteiger charge is -2.07. The number of hydrogen-bond donors (Lipinski definition) is 2. The van der Waals surface area contributed by atoms with E-state index >= 15 is 0 Å². The third-order valence-corrected chi connectivity index (χ3v) is 4.88. The molecule has 0 aliphatic heterocycles. The van der Waals surface area contributed by atoms with Crippen LogP contribution in [-0.4, -0.2) is 24.5 Å². The van der Waals surface area contributed by atoms with Gasteiger partial charge in [0.05, 0.1) is 13.5 Å². The first-order valence-corrected chi connectivity index (χ1v) is 9.11. The summed E-state index contributed by atoms with van der Waals surface area (Å²) in [7, 11) is 1.65. The van der Waals surface area contributed by atoms with Crippen LogP contribution in [0, 0.1) is 0 Å². The van der Waals surface area contributed by atoms with Gasteiger partial charge >= 0.3 is 0 Å². The Morgan fingerprint density at radius 1 is 1.04 bits per heavy atom. The number of aromatic nitrogens is 1. The van der Waals surface area contributed by atoms with Crippen molar-refractivity contribution in [1.82, 2.24) is 10.3 Å². The summed E-state index contributed by atoms with van der Waals surface area (Å²) in [5, 5.41) is 6.52. The van der Waals surface area contributed by atoms with E-state index in [2.05, 4.69) is 40.6 Å². The van der Waals surface area contributed by atoms with Crippen molar-refractivity contribution in [3.05, 3.63) is 78.0 Å². The molecule has 4 nitrogen and oxygen atoms in total. The summed E-state index contributed by atoms with van der Waals surface area (Å²) < 4.78 is 5.28. The molecule has 1 heterocycles. The highest BCUT2D eigenvalue weighted by atomic mass is 16.5. The summed E-state index contributed by atoms with van der Waals surface area (Å²) in [6.07, 6.45) is 3.07. The molecule has 1 aromatic heterocycles. The minimum absolute atomic E-state index is 0.0273. The fourth-order valence-corrected chi connectivity index (χ4v) is 3.41. The first kappa shape index (κ1) is 17.2. The molecule has 27 heavy (non-hydrogen) atoms. The zero-order valence-electron chi connectivity index (χ0n) is 15.3. The van der Waals surface area contributed by atoms with Crippen LogP contribution in [-0.2, 0) is 17.6 Å². The number of hydrogen-bond acceptors (Lipinski definition) is 2. The highest BCUT2D eigenvalue weighted by Gasteiger charge is 2.09. The number of methoxy groups -OCH3 is 1. The van der Waals surface area contributed by atoms with E-state index in [9.17, 15) is 4.79 Å². The van der Waals surface area contributed by atoms with Gasteiger partial charge in [-0.05, 0) is 46.5 Å². The number of nitrogens with one attached hydrogen (secondary N) is 2. The number of aromatic amines is 1. The number of amides is 1. The topological polar surface area (TPSA) is 54.1 Å². The van der Waals surface area contributed by atoms with Crippen molar-refractivity contribution in [3.8, 4) is 5.75 Å². The first-order chi connectivity index (χ1) is 13.2. The Bertz CT molecular complexity index is 1100. The Morgan fingerprint density at radius 3 is 2.74 bits per heavy atom. The summed E-state index contributed by atoms with van der Waals surface area (Å²) >= 11 is 0. The van der Waals surface area contributed by atoms with E-state index < -0.39 is 0 Å². The van der Waals surface area contributed by atoms with Crippen molar-refractivity contribution in [2.45, 2.75) is 12.8 Å². The third-order valence-electron chi connectivity index (χ3n) is 4.88. The molecule has 0 bridgehead atoms. The SMILES string of the molecule is COc1ccc2[nH]cc(CC(=O)NCCc3ccc4ccccc4c3)c2c1. The Morgan fingerprint density at radius 2 is 1.89 bits per heavy atom. The van der Waals surface area contributed by atoms with Gasteiger partial charge in [0, 0.05) is 23.6 Å². The number of rotatable bonds is 6. The van der Waals surface area contributed by atoms with Crippen LogP contribution in [0.5, 0.6) is 5.75 Å². The monoisotopic (exact) mass is 358 g/mol. The zero-order valence-corrected chi connectivity index (χ0v) is 15.3. The number of carbonyl (C=O) groups is 1. The minimum atomic E-state index is 0.0273. The average molecular weight is 358 g/mol. The lowest BCUT2D eigenvalue weighted by molar-refractivity contribution is -0.120. The van der Waals surface area contributed by atoms with Crippen molar-refractivity contribution in [1.29, 1.82) is 0 Å². The van der Waals surface area contributed by atoms with Crippen molar-refractivity contribution < 1.29 is 9.53 Å². The Hall–Kier alpha value is -3.27. The molecule has 0 saturated heterocycles. The smallest absolute Gasteiger partial charge is 0.224 e. The second kappa shape index (κ2) is 7.54. The third kappa shape index (κ3) is 3.80. The lowest BCUT2D eigenvalue weighted by Crippen LogP contribution is -2.27. The minimum Gasteiger partial charge on any atom is -0.497 e. The predicted octanol–water partition coefficient (Wildman–Crippen LogP) is 4.23. The second-order valence-electron chi connectivity index (χ2n) is 6.68. The molecule has 2 N–H and O–H groups in total. The van der Waals surface area contributed by atoms with E-state index in [0.717, 1.165) is 28.6 Å². The van der Waals surface area contributed by atoms with E-state index in [1.165, 1.54) is 16.3 Å². The van der Waals surface area contributed by atoms with Gasteiger partial charge < -0.3 is 15.0 Å². The summed E-state index contributed by atoms with van der Waals surface area (Å²) in [5.41, 5.74) is 3.22. The summed E-state index contributed by atoms with van der Waals surface area (Å²) in [6.45, 7) is 0.628. The fourth-order valence-electron chi connectivity index (χ4n) is 3.41. The molecule has 1 amide bonds.